The van der Waals surface area contributed by atoms with E-state index >= 15 is 0 Å². The van der Waals surface area contributed by atoms with Gasteiger partial charge in [-0.1, -0.05) is 30.3 Å². The first-order valence-electron chi connectivity index (χ1n) is 12.3. The third kappa shape index (κ3) is 5.87. The summed E-state index contributed by atoms with van der Waals surface area (Å²) in [5.74, 6) is 3.57. The topological polar surface area (TPSA) is 70.7 Å². The minimum atomic E-state index is -0.109. The second-order valence-electron chi connectivity index (χ2n) is 8.68. The summed E-state index contributed by atoms with van der Waals surface area (Å²) in [4.78, 5) is 2.43. The van der Waals surface area contributed by atoms with E-state index in [2.05, 4.69) is 10.2 Å². The molecule has 0 bridgehead atoms. The smallest absolute Gasteiger partial charge is 0.203 e. The lowest BCUT2D eigenvalue weighted by Crippen LogP contribution is -2.45. The Morgan fingerprint density at radius 1 is 0.676 bits per heavy atom. The predicted molar refractivity (Wildman–Crippen MR) is 143 cm³/mol. The Morgan fingerprint density at radius 3 is 1.62 bits per heavy atom. The number of nitrogens with zero attached hydrogens (tertiary/aromatic N) is 1. The molecule has 1 unspecified atom stereocenters. The van der Waals surface area contributed by atoms with Crippen LogP contribution in [0.5, 0.6) is 34.5 Å². The van der Waals surface area contributed by atoms with E-state index in [0.29, 0.717) is 41.1 Å². The zero-order valence-corrected chi connectivity index (χ0v) is 22.2. The first-order valence-corrected chi connectivity index (χ1v) is 12.3. The first-order chi connectivity index (χ1) is 18.1. The SMILES string of the molecule is COc1cc(C(c2cc(OC)c(OCc3ccccc3)c(OC)c2)N2CCNCC2)cc(OC)c1OC. The van der Waals surface area contributed by atoms with Crippen molar-refractivity contribution >= 4 is 0 Å². The molecule has 37 heavy (non-hydrogen) atoms. The summed E-state index contributed by atoms with van der Waals surface area (Å²) in [6, 6.07) is 18.0. The van der Waals surface area contributed by atoms with Gasteiger partial charge in [-0.2, -0.15) is 0 Å². The number of benzene rings is 3. The van der Waals surface area contributed by atoms with E-state index in [9.17, 15) is 0 Å². The Hall–Kier alpha value is -3.62. The average molecular weight is 509 g/mol. The highest BCUT2D eigenvalue weighted by atomic mass is 16.5. The molecule has 8 nitrogen and oxygen atoms in total. The Labute approximate surface area is 219 Å². The fraction of sp³-hybridized carbons (Fsp3) is 0.379. The highest BCUT2D eigenvalue weighted by molar-refractivity contribution is 5.58. The molecule has 4 rings (SSSR count). The van der Waals surface area contributed by atoms with E-state index < -0.39 is 0 Å². The molecule has 0 aromatic heterocycles. The van der Waals surface area contributed by atoms with E-state index in [1.165, 1.54) is 0 Å². The summed E-state index contributed by atoms with van der Waals surface area (Å²) in [5, 5.41) is 3.44. The average Bonchev–Trinajstić information content (AvgIpc) is 2.96. The second kappa shape index (κ2) is 12.6. The van der Waals surface area contributed by atoms with Gasteiger partial charge in [0, 0.05) is 26.2 Å². The lowest BCUT2D eigenvalue weighted by atomic mass is 9.94. The quantitative estimate of drug-likeness (QED) is 0.411. The largest absolute Gasteiger partial charge is 0.493 e. The van der Waals surface area contributed by atoms with Crippen LogP contribution in [0.2, 0.25) is 0 Å². The summed E-state index contributed by atoms with van der Waals surface area (Å²) in [6.07, 6.45) is 0. The number of hydrogen-bond donors (Lipinski definition) is 1. The lowest BCUT2D eigenvalue weighted by molar-refractivity contribution is 0.196. The summed E-state index contributed by atoms with van der Waals surface area (Å²) < 4.78 is 34.7. The molecule has 0 aliphatic carbocycles. The van der Waals surface area contributed by atoms with Gasteiger partial charge in [0.15, 0.2) is 23.0 Å². The van der Waals surface area contributed by atoms with Crippen molar-refractivity contribution in [1.82, 2.24) is 10.2 Å². The summed E-state index contributed by atoms with van der Waals surface area (Å²) in [6.45, 7) is 3.94. The fourth-order valence-electron chi connectivity index (χ4n) is 4.74. The maximum atomic E-state index is 6.20. The van der Waals surface area contributed by atoms with E-state index in [4.69, 9.17) is 28.4 Å². The number of ether oxygens (including phenoxy) is 6. The van der Waals surface area contributed by atoms with Crippen molar-refractivity contribution in [2.24, 2.45) is 0 Å². The van der Waals surface area contributed by atoms with Gasteiger partial charge in [0.2, 0.25) is 11.5 Å². The van der Waals surface area contributed by atoms with Crippen LogP contribution in [0, 0.1) is 0 Å². The first kappa shape index (κ1) is 26.4. The number of rotatable bonds is 11. The zero-order chi connectivity index (χ0) is 26.2. The molecule has 0 saturated carbocycles. The van der Waals surface area contributed by atoms with Gasteiger partial charge in [0.05, 0.1) is 41.6 Å². The number of nitrogens with one attached hydrogen (secondary N) is 1. The van der Waals surface area contributed by atoms with Crippen molar-refractivity contribution in [3.05, 3.63) is 71.3 Å². The molecule has 1 N–H and O–H groups in total. The van der Waals surface area contributed by atoms with Crippen molar-refractivity contribution in [3.8, 4) is 34.5 Å². The van der Waals surface area contributed by atoms with Crippen LogP contribution in [0.15, 0.2) is 54.6 Å². The maximum Gasteiger partial charge on any atom is 0.203 e. The molecule has 0 amide bonds. The van der Waals surface area contributed by atoms with Gasteiger partial charge < -0.3 is 33.7 Å². The highest BCUT2D eigenvalue weighted by Gasteiger charge is 2.29. The normalized spacial score (nSPS) is 14.5. The Balaban J connectivity index is 1.80. The van der Waals surface area contributed by atoms with E-state index in [0.717, 1.165) is 42.9 Å². The lowest BCUT2D eigenvalue weighted by Gasteiger charge is -2.36. The van der Waals surface area contributed by atoms with Gasteiger partial charge in [0.25, 0.3) is 0 Å². The van der Waals surface area contributed by atoms with Crippen molar-refractivity contribution in [3.63, 3.8) is 0 Å². The van der Waals surface area contributed by atoms with E-state index in [1.807, 2.05) is 54.6 Å². The van der Waals surface area contributed by atoms with Crippen LogP contribution >= 0.6 is 0 Å². The molecular formula is C29H36N2O6. The summed E-state index contributed by atoms with van der Waals surface area (Å²) >= 11 is 0. The van der Waals surface area contributed by atoms with Crippen LogP contribution < -0.4 is 33.7 Å². The number of piperazine rings is 1. The maximum absolute atomic E-state index is 6.20. The Kier molecular flexibility index (Phi) is 8.98. The van der Waals surface area contributed by atoms with Gasteiger partial charge in [-0.05, 0) is 41.0 Å². The molecule has 1 atom stereocenters. The predicted octanol–water partition coefficient (Wildman–Crippen LogP) is 4.30. The van der Waals surface area contributed by atoms with Crippen LogP contribution in [0.25, 0.3) is 0 Å². The van der Waals surface area contributed by atoms with Crippen molar-refractivity contribution in [1.29, 1.82) is 0 Å². The Morgan fingerprint density at radius 2 is 1.16 bits per heavy atom. The number of hydrogen-bond acceptors (Lipinski definition) is 8. The molecule has 3 aromatic carbocycles. The highest BCUT2D eigenvalue weighted by Crippen LogP contribution is 2.46. The van der Waals surface area contributed by atoms with Gasteiger partial charge >= 0.3 is 0 Å². The van der Waals surface area contributed by atoms with Crippen LogP contribution in [0.4, 0.5) is 0 Å². The van der Waals surface area contributed by atoms with Crippen LogP contribution in [-0.2, 0) is 6.61 Å². The molecule has 1 aliphatic rings. The molecule has 0 radical (unpaired) electrons. The zero-order valence-electron chi connectivity index (χ0n) is 22.2. The van der Waals surface area contributed by atoms with E-state index in [1.54, 1.807) is 35.5 Å². The molecule has 1 heterocycles. The van der Waals surface area contributed by atoms with Gasteiger partial charge in [-0.25, -0.2) is 0 Å². The van der Waals surface area contributed by atoms with Crippen LogP contribution in [-0.4, -0.2) is 66.6 Å². The third-order valence-electron chi connectivity index (χ3n) is 6.54. The molecule has 1 fully saturated rings. The van der Waals surface area contributed by atoms with Crippen LogP contribution in [0.1, 0.15) is 22.7 Å². The monoisotopic (exact) mass is 508 g/mol. The van der Waals surface area contributed by atoms with E-state index in [-0.39, 0.29) is 6.04 Å². The third-order valence-corrected chi connectivity index (χ3v) is 6.54. The molecule has 0 spiro atoms. The van der Waals surface area contributed by atoms with Crippen molar-refractivity contribution < 1.29 is 28.4 Å². The molecule has 3 aromatic rings. The molecule has 1 saturated heterocycles. The standard InChI is InChI=1S/C29H36N2O6/c1-32-23-15-21(16-24(33-2)28(23)36-5)27(31-13-11-30-12-14-31)22-17-25(34-3)29(26(18-22)35-4)37-19-20-9-7-6-8-10-20/h6-10,15-18,27,30H,11-14,19H2,1-5H3. The van der Waals surface area contributed by atoms with Gasteiger partial charge in [0.1, 0.15) is 6.61 Å². The minimum Gasteiger partial charge on any atom is -0.493 e. The van der Waals surface area contributed by atoms with Crippen molar-refractivity contribution in [2.75, 3.05) is 61.7 Å². The number of methoxy groups -OCH3 is 5. The summed E-state index contributed by atoms with van der Waals surface area (Å²) in [7, 11) is 8.16. The molecule has 1 aliphatic heterocycles. The molecule has 198 valence electrons. The van der Waals surface area contributed by atoms with Crippen molar-refractivity contribution in [2.45, 2.75) is 12.6 Å². The summed E-state index contributed by atoms with van der Waals surface area (Å²) in [5.41, 5.74) is 3.09. The molecule has 8 heteroatoms. The van der Waals surface area contributed by atoms with Gasteiger partial charge in [-0.15, -0.1) is 0 Å². The molecular weight excluding hydrogens is 472 g/mol. The minimum absolute atomic E-state index is 0.109. The second-order valence-corrected chi connectivity index (χ2v) is 8.68. The van der Waals surface area contributed by atoms with Gasteiger partial charge in [-0.3, -0.25) is 4.90 Å². The Bertz CT molecular complexity index is 1110. The fourth-order valence-corrected chi connectivity index (χ4v) is 4.74. The van der Waals surface area contributed by atoms with Crippen LogP contribution in [0.3, 0.4) is 0 Å².